The molecule has 1 aromatic carbocycles. The zero-order chi connectivity index (χ0) is 19.7. The first-order chi connectivity index (χ1) is 14.4. The van der Waals surface area contributed by atoms with E-state index in [0.717, 1.165) is 52.5 Å². The summed E-state index contributed by atoms with van der Waals surface area (Å²) < 4.78 is 10.9. The Morgan fingerprint density at radius 1 is 0.862 bits per heavy atom. The number of anilines is 3. The van der Waals surface area contributed by atoms with Gasteiger partial charge in [0, 0.05) is 19.6 Å². The zero-order valence-corrected chi connectivity index (χ0v) is 16.8. The Morgan fingerprint density at radius 2 is 1.55 bits per heavy atom. The molecule has 0 bridgehead atoms. The van der Waals surface area contributed by atoms with Crippen molar-refractivity contribution in [2.45, 2.75) is 6.54 Å². The average molecular weight is 401 g/mol. The normalized spacial score (nSPS) is 17.9. The molecule has 29 heavy (non-hydrogen) atoms. The number of benzene rings is 1. The van der Waals surface area contributed by atoms with Gasteiger partial charge in [0.05, 0.1) is 39.5 Å². The highest BCUT2D eigenvalue weighted by Gasteiger charge is 2.17. The third-order valence-corrected chi connectivity index (χ3v) is 5.17. The minimum Gasteiger partial charge on any atom is -0.378 e. The number of nitrogens with zero attached hydrogens (tertiary/aromatic N) is 4. The highest BCUT2D eigenvalue weighted by Crippen LogP contribution is 2.15. The fourth-order valence-electron chi connectivity index (χ4n) is 3.47. The standard InChI is InChI=1S/C20H29N7O2/c1-2-4-17(5-3-1)16-22-19-23-18(21-6-7-26-8-12-28-13-9-26)24-20(25-19)27-10-14-29-15-11-27/h1-5H,6-16H2,(H2,21,22,23,24,25)/p+1. The average Bonchev–Trinajstić information content (AvgIpc) is 2.80. The van der Waals surface area contributed by atoms with Crippen LogP contribution in [-0.4, -0.2) is 80.6 Å². The summed E-state index contributed by atoms with van der Waals surface area (Å²) in [6.45, 7) is 9.29. The van der Waals surface area contributed by atoms with Gasteiger partial charge in [-0.2, -0.15) is 15.0 Å². The molecule has 2 aliphatic rings. The lowest BCUT2D eigenvalue weighted by Gasteiger charge is -2.27. The van der Waals surface area contributed by atoms with E-state index in [9.17, 15) is 0 Å². The van der Waals surface area contributed by atoms with Gasteiger partial charge in [0.1, 0.15) is 13.1 Å². The molecule has 0 atom stereocenters. The van der Waals surface area contributed by atoms with Crippen molar-refractivity contribution in [2.24, 2.45) is 0 Å². The van der Waals surface area contributed by atoms with Gasteiger partial charge in [-0.1, -0.05) is 30.3 Å². The topological polar surface area (TPSA) is 88.9 Å². The van der Waals surface area contributed by atoms with Crippen molar-refractivity contribution < 1.29 is 14.4 Å². The molecule has 156 valence electrons. The number of rotatable bonds is 8. The molecule has 3 N–H and O–H groups in total. The SMILES string of the molecule is c1ccc(CNc2nc(NCC[NH+]3CCOCC3)nc(N3CCOCC3)n2)cc1. The largest absolute Gasteiger partial charge is 0.378 e. The second-order valence-corrected chi connectivity index (χ2v) is 7.26. The summed E-state index contributed by atoms with van der Waals surface area (Å²) in [5.74, 6) is 1.90. The minimum absolute atomic E-state index is 0.589. The summed E-state index contributed by atoms with van der Waals surface area (Å²) >= 11 is 0. The number of aromatic nitrogens is 3. The summed E-state index contributed by atoms with van der Waals surface area (Å²) in [5.41, 5.74) is 1.19. The fourth-order valence-corrected chi connectivity index (χ4v) is 3.47. The number of morpholine rings is 2. The molecule has 0 amide bonds. The van der Waals surface area contributed by atoms with Crippen molar-refractivity contribution in [2.75, 3.05) is 81.2 Å². The lowest BCUT2D eigenvalue weighted by atomic mass is 10.2. The van der Waals surface area contributed by atoms with E-state index < -0.39 is 0 Å². The van der Waals surface area contributed by atoms with Gasteiger partial charge in [-0.05, 0) is 5.56 Å². The minimum atomic E-state index is 0.589. The first-order valence-corrected chi connectivity index (χ1v) is 10.4. The van der Waals surface area contributed by atoms with E-state index in [1.807, 2.05) is 18.2 Å². The van der Waals surface area contributed by atoms with Gasteiger partial charge in [0.25, 0.3) is 0 Å². The van der Waals surface area contributed by atoms with Crippen molar-refractivity contribution >= 4 is 17.8 Å². The summed E-state index contributed by atoms with van der Waals surface area (Å²) in [6, 6.07) is 10.2. The van der Waals surface area contributed by atoms with E-state index in [4.69, 9.17) is 9.47 Å². The molecule has 3 heterocycles. The van der Waals surface area contributed by atoms with Crippen LogP contribution in [0.4, 0.5) is 17.8 Å². The van der Waals surface area contributed by atoms with E-state index in [-0.39, 0.29) is 0 Å². The molecule has 2 fully saturated rings. The Bertz CT molecular complexity index is 750. The Morgan fingerprint density at radius 3 is 2.31 bits per heavy atom. The zero-order valence-electron chi connectivity index (χ0n) is 16.8. The molecule has 0 aliphatic carbocycles. The monoisotopic (exact) mass is 400 g/mol. The molecule has 0 radical (unpaired) electrons. The van der Waals surface area contributed by atoms with Crippen molar-refractivity contribution in [3.63, 3.8) is 0 Å². The first-order valence-electron chi connectivity index (χ1n) is 10.4. The van der Waals surface area contributed by atoms with Crippen molar-refractivity contribution in [3.8, 4) is 0 Å². The molecular formula is C20H30N7O2+. The van der Waals surface area contributed by atoms with Crippen molar-refractivity contribution in [3.05, 3.63) is 35.9 Å². The number of ether oxygens (including phenoxy) is 2. The maximum absolute atomic E-state index is 5.46. The van der Waals surface area contributed by atoms with Gasteiger partial charge < -0.3 is 29.9 Å². The first kappa shape index (κ1) is 19.8. The smallest absolute Gasteiger partial charge is 0.232 e. The molecule has 2 aliphatic heterocycles. The van der Waals surface area contributed by atoms with E-state index in [1.165, 1.54) is 5.56 Å². The molecule has 0 saturated carbocycles. The summed E-state index contributed by atoms with van der Waals surface area (Å²) in [7, 11) is 0. The van der Waals surface area contributed by atoms with Gasteiger partial charge in [-0.3, -0.25) is 0 Å². The van der Waals surface area contributed by atoms with E-state index >= 15 is 0 Å². The van der Waals surface area contributed by atoms with Gasteiger partial charge >= 0.3 is 0 Å². The number of quaternary nitrogens is 1. The Kier molecular flexibility index (Phi) is 7.06. The molecule has 9 nitrogen and oxygen atoms in total. The second-order valence-electron chi connectivity index (χ2n) is 7.26. The lowest BCUT2D eigenvalue weighted by Crippen LogP contribution is -3.14. The van der Waals surface area contributed by atoms with Gasteiger partial charge in [0.2, 0.25) is 17.8 Å². The van der Waals surface area contributed by atoms with Gasteiger partial charge in [0.15, 0.2) is 0 Å². The third kappa shape index (κ3) is 5.99. The van der Waals surface area contributed by atoms with Crippen LogP contribution in [0.2, 0.25) is 0 Å². The van der Waals surface area contributed by atoms with Crippen LogP contribution < -0.4 is 20.4 Å². The molecule has 0 unspecified atom stereocenters. The van der Waals surface area contributed by atoms with Crippen LogP contribution in [0.25, 0.3) is 0 Å². The molecule has 4 rings (SSSR count). The quantitative estimate of drug-likeness (QED) is 0.554. The van der Waals surface area contributed by atoms with Crippen molar-refractivity contribution in [1.29, 1.82) is 0 Å². The molecule has 9 heteroatoms. The Balaban J connectivity index is 1.41. The highest BCUT2D eigenvalue weighted by atomic mass is 16.5. The summed E-state index contributed by atoms with van der Waals surface area (Å²) in [4.78, 5) is 17.6. The lowest BCUT2D eigenvalue weighted by molar-refractivity contribution is -0.906. The third-order valence-electron chi connectivity index (χ3n) is 5.17. The summed E-state index contributed by atoms with van der Waals surface area (Å²) in [5, 5.41) is 6.73. The fraction of sp³-hybridized carbons (Fsp3) is 0.550. The van der Waals surface area contributed by atoms with Crippen LogP contribution in [0.5, 0.6) is 0 Å². The van der Waals surface area contributed by atoms with E-state index in [2.05, 4.69) is 42.6 Å². The maximum Gasteiger partial charge on any atom is 0.232 e. The van der Waals surface area contributed by atoms with Crippen LogP contribution in [0, 0.1) is 0 Å². The van der Waals surface area contributed by atoms with Gasteiger partial charge in [-0.25, -0.2) is 0 Å². The Labute approximate surface area is 171 Å². The molecule has 2 saturated heterocycles. The van der Waals surface area contributed by atoms with Crippen LogP contribution in [0.3, 0.4) is 0 Å². The second kappa shape index (κ2) is 10.3. The number of hydrogen-bond donors (Lipinski definition) is 3. The predicted molar refractivity (Wildman–Crippen MR) is 112 cm³/mol. The number of nitrogens with one attached hydrogen (secondary N) is 3. The predicted octanol–water partition coefficient (Wildman–Crippen LogP) is -0.353. The maximum atomic E-state index is 5.46. The van der Waals surface area contributed by atoms with Crippen molar-refractivity contribution in [1.82, 2.24) is 15.0 Å². The van der Waals surface area contributed by atoms with Crippen LogP contribution in [-0.2, 0) is 16.0 Å². The number of hydrogen-bond acceptors (Lipinski definition) is 8. The van der Waals surface area contributed by atoms with Crippen LogP contribution >= 0.6 is 0 Å². The summed E-state index contributed by atoms with van der Waals surface area (Å²) in [6.07, 6.45) is 0. The molecule has 1 aromatic heterocycles. The molecule has 2 aromatic rings. The highest BCUT2D eigenvalue weighted by molar-refractivity contribution is 5.44. The molecular weight excluding hydrogens is 370 g/mol. The Hall–Kier alpha value is -2.49. The van der Waals surface area contributed by atoms with Crippen LogP contribution in [0.15, 0.2) is 30.3 Å². The van der Waals surface area contributed by atoms with E-state index in [0.29, 0.717) is 37.6 Å². The van der Waals surface area contributed by atoms with E-state index in [1.54, 1.807) is 4.90 Å². The van der Waals surface area contributed by atoms with Gasteiger partial charge in [-0.15, -0.1) is 0 Å². The van der Waals surface area contributed by atoms with Crippen LogP contribution in [0.1, 0.15) is 5.56 Å². The molecule has 0 spiro atoms.